The molecule has 1 aromatic rings. The van der Waals surface area contributed by atoms with Gasteiger partial charge in [0.1, 0.15) is 4.21 Å². The van der Waals surface area contributed by atoms with Crippen LogP contribution in [-0.2, 0) is 10.0 Å². The lowest BCUT2D eigenvalue weighted by molar-refractivity contribution is 0.310. The molecule has 3 nitrogen and oxygen atoms in total. The highest BCUT2D eigenvalue weighted by Crippen LogP contribution is 2.29. The van der Waals surface area contributed by atoms with Gasteiger partial charge in [-0.3, -0.25) is 0 Å². The maximum atomic E-state index is 11.7. The van der Waals surface area contributed by atoms with Gasteiger partial charge in [-0.2, -0.15) is 4.31 Å². The Morgan fingerprint density at radius 2 is 2.08 bits per heavy atom. The maximum absolute atomic E-state index is 11.7. The summed E-state index contributed by atoms with van der Waals surface area (Å²) in [6, 6.07) is 3.17. The predicted octanol–water partition coefficient (Wildman–Crippen LogP) is 1.80. The molecule has 72 valence electrons. The van der Waals surface area contributed by atoms with Gasteiger partial charge in [0.2, 0.25) is 0 Å². The Balaban J connectivity index is 2.34. The summed E-state index contributed by atoms with van der Waals surface area (Å²) in [5.41, 5.74) is 0. The average Bonchev–Trinajstić information content (AvgIpc) is 2.30. The fraction of sp³-hybridized carbons (Fsp3) is 0.429. The second-order valence-electron chi connectivity index (χ2n) is 2.82. The van der Waals surface area contributed by atoms with Crippen molar-refractivity contribution >= 4 is 33.0 Å². The Hall–Kier alpha value is -0.100. The van der Waals surface area contributed by atoms with E-state index in [9.17, 15) is 8.42 Å². The smallest absolute Gasteiger partial charge is 0.206 e. The maximum Gasteiger partial charge on any atom is 0.252 e. The molecule has 0 unspecified atom stereocenters. The van der Waals surface area contributed by atoms with Crippen LogP contribution in [-0.4, -0.2) is 25.8 Å². The van der Waals surface area contributed by atoms with E-state index in [0.29, 0.717) is 21.6 Å². The molecule has 1 aliphatic rings. The highest BCUT2D eigenvalue weighted by molar-refractivity contribution is 7.91. The van der Waals surface area contributed by atoms with E-state index in [1.165, 1.54) is 4.31 Å². The highest BCUT2D eigenvalue weighted by Gasteiger charge is 2.30. The summed E-state index contributed by atoms with van der Waals surface area (Å²) >= 11 is 6.78. The summed E-state index contributed by atoms with van der Waals surface area (Å²) in [5, 5.41) is 0. The minimum atomic E-state index is -3.21. The molecule has 0 bridgehead atoms. The van der Waals surface area contributed by atoms with E-state index in [2.05, 4.69) is 0 Å². The molecule has 6 heteroatoms. The number of halogens is 1. The van der Waals surface area contributed by atoms with Gasteiger partial charge in [-0.05, 0) is 18.6 Å². The molecule has 0 amide bonds. The molecular formula is C7H8ClNO2S2. The molecule has 1 aliphatic heterocycles. The first-order valence-electron chi connectivity index (χ1n) is 3.86. The number of rotatable bonds is 2. The van der Waals surface area contributed by atoms with Crippen LogP contribution >= 0.6 is 22.9 Å². The van der Waals surface area contributed by atoms with Crippen molar-refractivity contribution in [2.75, 3.05) is 13.1 Å². The standard InChI is InChI=1S/C7H8ClNO2S2/c8-6-2-3-7(12-6)13(10,11)9-4-1-5-9/h2-3H,1,4-5H2. The van der Waals surface area contributed by atoms with Crippen LogP contribution in [0, 0.1) is 0 Å². The van der Waals surface area contributed by atoms with E-state index in [0.717, 1.165) is 17.8 Å². The van der Waals surface area contributed by atoms with Crippen LogP contribution in [0.5, 0.6) is 0 Å². The van der Waals surface area contributed by atoms with E-state index in [-0.39, 0.29) is 0 Å². The Morgan fingerprint density at radius 1 is 1.38 bits per heavy atom. The summed E-state index contributed by atoms with van der Waals surface area (Å²) in [5.74, 6) is 0. The lowest BCUT2D eigenvalue weighted by atomic mass is 10.3. The zero-order valence-electron chi connectivity index (χ0n) is 6.73. The van der Waals surface area contributed by atoms with Crippen molar-refractivity contribution in [3.05, 3.63) is 16.5 Å². The van der Waals surface area contributed by atoms with Gasteiger partial charge < -0.3 is 0 Å². The molecule has 2 rings (SSSR count). The van der Waals surface area contributed by atoms with Gasteiger partial charge in [0.15, 0.2) is 0 Å². The number of hydrogen-bond donors (Lipinski definition) is 0. The van der Waals surface area contributed by atoms with Crippen LogP contribution < -0.4 is 0 Å². The van der Waals surface area contributed by atoms with Crippen LogP contribution in [0.15, 0.2) is 16.3 Å². The number of nitrogens with zero attached hydrogens (tertiary/aromatic N) is 1. The van der Waals surface area contributed by atoms with E-state index in [1.54, 1.807) is 12.1 Å². The first-order chi connectivity index (χ1) is 6.10. The molecule has 0 N–H and O–H groups in total. The molecule has 0 spiro atoms. The Labute approximate surface area is 86.0 Å². The van der Waals surface area contributed by atoms with Gasteiger partial charge in [-0.1, -0.05) is 11.6 Å². The zero-order valence-corrected chi connectivity index (χ0v) is 9.12. The predicted molar refractivity (Wildman–Crippen MR) is 52.7 cm³/mol. The first-order valence-corrected chi connectivity index (χ1v) is 6.49. The Bertz CT molecular complexity index is 408. The normalized spacial score (nSPS) is 18.5. The van der Waals surface area contributed by atoms with E-state index < -0.39 is 10.0 Å². The third kappa shape index (κ3) is 1.61. The number of sulfonamides is 1. The molecule has 13 heavy (non-hydrogen) atoms. The van der Waals surface area contributed by atoms with Crippen molar-refractivity contribution < 1.29 is 8.42 Å². The molecule has 0 aromatic carbocycles. The zero-order chi connectivity index (χ0) is 9.47. The summed E-state index contributed by atoms with van der Waals surface area (Å²) in [6.45, 7) is 1.27. The molecule has 0 atom stereocenters. The van der Waals surface area contributed by atoms with E-state index >= 15 is 0 Å². The highest BCUT2D eigenvalue weighted by atomic mass is 35.5. The molecule has 0 aliphatic carbocycles. The second kappa shape index (κ2) is 3.24. The average molecular weight is 238 g/mol. The van der Waals surface area contributed by atoms with Crippen molar-refractivity contribution in [1.82, 2.24) is 4.31 Å². The van der Waals surface area contributed by atoms with Gasteiger partial charge in [0.05, 0.1) is 4.34 Å². The van der Waals surface area contributed by atoms with Gasteiger partial charge in [-0.15, -0.1) is 11.3 Å². The second-order valence-corrected chi connectivity index (χ2v) is 6.70. The fourth-order valence-electron chi connectivity index (χ4n) is 1.09. The lowest BCUT2D eigenvalue weighted by Gasteiger charge is -2.28. The minimum Gasteiger partial charge on any atom is -0.206 e. The third-order valence-electron chi connectivity index (χ3n) is 1.96. The quantitative estimate of drug-likeness (QED) is 0.787. The first kappa shape index (κ1) is 9.45. The van der Waals surface area contributed by atoms with Crippen molar-refractivity contribution in [3.8, 4) is 0 Å². The summed E-state index contributed by atoms with van der Waals surface area (Å²) < 4.78 is 25.7. The van der Waals surface area contributed by atoms with Crippen LogP contribution in [0.4, 0.5) is 0 Å². The largest absolute Gasteiger partial charge is 0.252 e. The van der Waals surface area contributed by atoms with Crippen molar-refractivity contribution in [3.63, 3.8) is 0 Å². The lowest BCUT2D eigenvalue weighted by Crippen LogP contribution is -2.41. The van der Waals surface area contributed by atoms with Gasteiger partial charge >= 0.3 is 0 Å². The van der Waals surface area contributed by atoms with Crippen LogP contribution in [0.1, 0.15) is 6.42 Å². The molecule has 1 aromatic heterocycles. The topological polar surface area (TPSA) is 37.4 Å². The van der Waals surface area contributed by atoms with Gasteiger partial charge in [0, 0.05) is 13.1 Å². The SMILES string of the molecule is O=S(=O)(c1ccc(Cl)s1)N1CCC1. The van der Waals surface area contributed by atoms with Crippen LogP contribution in [0.2, 0.25) is 4.34 Å². The summed E-state index contributed by atoms with van der Waals surface area (Å²) in [6.07, 6.45) is 0.957. The van der Waals surface area contributed by atoms with Gasteiger partial charge in [-0.25, -0.2) is 8.42 Å². The van der Waals surface area contributed by atoms with Crippen LogP contribution in [0.25, 0.3) is 0 Å². The third-order valence-corrected chi connectivity index (χ3v) is 5.55. The molecule has 1 saturated heterocycles. The number of thiophene rings is 1. The van der Waals surface area contributed by atoms with E-state index in [1.807, 2.05) is 0 Å². The van der Waals surface area contributed by atoms with Crippen molar-refractivity contribution in [2.45, 2.75) is 10.6 Å². The van der Waals surface area contributed by atoms with Crippen molar-refractivity contribution in [1.29, 1.82) is 0 Å². The molecular weight excluding hydrogens is 230 g/mol. The molecule has 0 radical (unpaired) electrons. The van der Waals surface area contributed by atoms with Crippen molar-refractivity contribution in [2.24, 2.45) is 0 Å². The summed E-state index contributed by atoms with van der Waals surface area (Å²) in [4.78, 5) is 0. The molecule has 0 saturated carbocycles. The molecule has 1 fully saturated rings. The molecule has 2 heterocycles. The number of hydrogen-bond acceptors (Lipinski definition) is 3. The Kier molecular flexibility index (Phi) is 2.35. The van der Waals surface area contributed by atoms with Gasteiger partial charge in [0.25, 0.3) is 10.0 Å². The fourth-order valence-corrected chi connectivity index (χ4v) is 4.25. The monoisotopic (exact) mass is 237 g/mol. The minimum absolute atomic E-state index is 0.345. The Morgan fingerprint density at radius 3 is 2.46 bits per heavy atom. The summed E-state index contributed by atoms with van der Waals surface area (Å²) in [7, 11) is -3.21. The van der Waals surface area contributed by atoms with E-state index in [4.69, 9.17) is 11.6 Å². The van der Waals surface area contributed by atoms with Crippen LogP contribution in [0.3, 0.4) is 0 Å².